The van der Waals surface area contributed by atoms with E-state index in [0.717, 1.165) is 12.8 Å². The molecule has 1 amide bonds. The first-order chi connectivity index (χ1) is 13.1. The summed E-state index contributed by atoms with van der Waals surface area (Å²) in [5.41, 5.74) is 1.09. The molecule has 0 aliphatic carbocycles. The number of hydrogen-bond acceptors (Lipinski definition) is 5. The van der Waals surface area contributed by atoms with Crippen molar-refractivity contribution in [3.63, 3.8) is 0 Å². The molecule has 27 heavy (non-hydrogen) atoms. The molecule has 4 rings (SSSR count). The van der Waals surface area contributed by atoms with Crippen LogP contribution in [-0.2, 0) is 11.3 Å². The molecule has 0 N–H and O–H groups in total. The first-order valence-corrected chi connectivity index (χ1v) is 9.12. The Morgan fingerprint density at radius 1 is 1.33 bits per heavy atom. The highest BCUT2D eigenvalue weighted by molar-refractivity contribution is 6.31. The molecule has 1 aliphatic heterocycles. The normalized spacial score (nSPS) is 17.2. The van der Waals surface area contributed by atoms with Crippen molar-refractivity contribution >= 4 is 28.6 Å². The third kappa shape index (κ3) is 3.68. The summed E-state index contributed by atoms with van der Waals surface area (Å²) in [5.74, 6) is -0.112. The lowest BCUT2D eigenvalue weighted by Gasteiger charge is -2.33. The molecule has 3 heterocycles. The van der Waals surface area contributed by atoms with Crippen LogP contribution < -0.4 is 10.5 Å². The van der Waals surface area contributed by atoms with Crippen LogP contribution in [0, 0.1) is 0 Å². The van der Waals surface area contributed by atoms with Gasteiger partial charge in [0.2, 0.25) is 5.91 Å². The van der Waals surface area contributed by atoms with Gasteiger partial charge in [-0.1, -0.05) is 23.7 Å². The zero-order valence-corrected chi connectivity index (χ0v) is 15.3. The fourth-order valence-electron chi connectivity index (χ4n) is 3.30. The summed E-state index contributed by atoms with van der Waals surface area (Å²) < 4.78 is 12.5. The monoisotopic (exact) mass is 387 g/mol. The van der Waals surface area contributed by atoms with Gasteiger partial charge in [-0.3, -0.25) is 14.3 Å². The van der Waals surface area contributed by atoms with Crippen molar-refractivity contribution in [3.8, 4) is 5.75 Å². The summed E-state index contributed by atoms with van der Waals surface area (Å²) >= 11 is 6.09. The number of carbonyl (C=O) groups excluding carboxylic acids is 1. The smallest absolute Gasteiger partial charge is 0.420 e. The zero-order chi connectivity index (χ0) is 18.8. The van der Waals surface area contributed by atoms with Crippen molar-refractivity contribution in [1.82, 2.24) is 14.5 Å². The molecule has 0 radical (unpaired) electrons. The van der Waals surface area contributed by atoms with Crippen LogP contribution in [0.5, 0.6) is 5.75 Å². The van der Waals surface area contributed by atoms with Crippen molar-refractivity contribution in [2.45, 2.75) is 25.5 Å². The van der Waals surface area contributed by atoms with Gasteiger partial charge in [0, 0.05) is 25.0 Å². The number of hydrogen-bond donors (Lipinski definition) is 0. The minimum Gasteiger partial charge on any atom is -0.487 e. The quantitative estimate of drug-likeness (QED) is 0.687. The van der Waals surface area contributed by atoms with E-state index in [-0.39, 0.29) is 18.6 Å². The summed E-state index contributed by atoms with van der Waals surface area (Å²) in [6.07, 6.45) is 4.64. The number of oxazole rings is 1. The SMILES string of the molecule is O=C(Cn1c(=O)oc2ccccc21)N1CCCC(Oc2ccncc2Cl)C1. The van der Waals surface area contributed by atoms with Crippen molar-refractivity contribution < 1.29 is 13.9 Å². The fourth-order valence-corrected chi connectivity index (χ4v) is 3.46. The molecule has 1 unspecified atom stereocenters. The maximum Gasteiger partial charge on any atom is 0.420 e. The number of benzene rings is 1. The van der Waals surface area contributed by atoms with E-state index >= 15 is 0 Å². The van der Waals surface area contributed by atoms with E-state index in [1.807, 2.05) is 6.07 Å². The van der Waals surface area contributed by atoms with Crippen molar-refractivity contribution in [2.75, 3.05) is 13.1 Å². The van der Waals surface area contributed by atoms with Crippen LogP contribution in [0.15, 0.2) is 51.9 Å². The number of carbonyl (C=O) groups is 1. The number of piperidine rings is 1. The van der Waals surface area contributed by atoms with Gasteiger partial charge in [-0.15, -0.1) is 0 Å². The summed E-state index contributed by atoms with van der Waals surface area (Å²) in [7, 11) is 0. The molecule has 8 heteroatoms. The fraction of sp³-hybridized carbons (Fsp3) is 0.316. The van der Waals surface area contributed by atoms with Crippen LogP contribution in [0.25, 0.3) is 11.1 Å². The molecular formula is C19H18ClN3O4. The third-order valence-corrected chi connectivity index (χ3v) is 4.91. The van der Waals surface area contributed by atoms with Crippen molar-refractivity contribution in [2.24, 2.45) is 0 Å². The van der Waals surface area contributed by atoms with Gasteiger partial charge in [-0.2, -0.15) is 0 Å². The number of halogens is 1. The molecular weight excluding hydrogens is 370 g/mol. The summed E-state index contributed by atoms with van der Waals surface area (Å²) in [6.45, 7) is 1.02. The summed E-state index contributed by atoms with van der Waals surface area (Å²) in [5, 5.41) is 0.442. The van der Waals surface area contributed by atoms with Crippen LogP contribution in [0.3, 0.4) is 0 Å². The number of amides is 1. The zero-order valence-electron chi connectivity index (χ0n) is 14.5. The molecule has 1 atom stereocenters. The Labute approximate surface area is 160 Å². The molecule has 1 aromatic carbocycles. The Balaban J connectivity index is 1.46. The van der Waals surface area contributed by atoms with E-state index in [0.29, 0.717) is 35.0 Å². The van der Waals surface area contributed by atoms with Gasteiger partial charge in [0.25, 0.3) is 0 Å². The maximum atomic E-state index is 12.8. The number of nitrogens with zero attached hydrogens (tertiary/aromatic N) is 3. The van der Waals surface area contributed by atoms with Crippen LogP contribution in [0.4, 0.5) is 0 Å². The highest BCUT2D eigenvalue weighted by Gasteiger charge is 2.26. The predicted molar refractivity (Wildman–Crippen MR) is 100.0 cm³/mol. The van der Waals surface area contributed by atoms with Gasteiger partial charge >= 0.3 is 5.76 Å². The Morgan fingerprint density at radius 2 is 2.19 bits per heavy atom. The lowest BCUT2D eigenvalue weighted by Crippen LogP contribution is -2.46. The minimum absolute atomic E-state index is 0.0570. The molecule has 7 nitrogen and oxygen atoms in total. The van der Waals surface area contributed by atoms with Crippen LogP contribution in [-0.4, -0.2) is 39.6 Å². The predicted octanol–water partition coefficient (Wildman–Crippen LogP) is 2.71. The Bertz CT molecular complexity index is 1030. The highest BCUT2D eigenvalue weighted by Crippen LogP contribution is 2.25. The molecule has 1 saturated heterocycles. The third-order valence-electron chi connectivity index (χ3n) is 4.63. The lowest BCUT2D eigenvalue weighted by atomic mass is 10.1. The Hall–Kier alpha value is -2.80. The largest absolute Gasteiger partial charge is 0.487 e. The molecule has 140 valence electrons. The standard InChI is InChI=1S/C19H18ClN3O4/c20-14-10-21-8-7-16(14)26-13-4-3-9-22(11-13)18(24)12-23-15-5-1-2-6-17(15)27-19(23)25/h1-2,5-8,10,13H,3-4,9,11-12H2. The highest BCUT2D eigenvalue weighted by atomic mass is 35.5. The Kier molecular flexibility index (Phi) is 4.85. The van der Waals surface area contributed by atoms with Crippen molar-refractivity contribution in [3.05, 3.63) is 58.3 Å². The number of para-hydroxylation sites is 2. The lowest BCUT2D eigenvalue weighted by molar-refractivity contribution is -0.134. The molecule has 1 fully saturated rings. The van der Waals surface area contributed by atoms with Gasteiger partial charge < -0.3 is 14.1 Å². The molecule has 0 spiro atoms. The van der Waals surface area contributed by atoms with Gasteiger partial charge in [-0.05, 0) is 25.0 Å². The van der Waals surface area contributed by atoms with Gasteiger partial charge in [0.1, 0.15) is 23.4 Å². The minimum atomic E-state index is -0.530. The van der Waals surface area contributed by atoms with Gasteiger partial charge in [0.15, 0.2) is 5.58 Å². The van der Waals surface area contributed by atoms with E-state index in [4.69, 9.17) is 20.8 Å². The van der Waals surface area contributed by atoms with Crippen LogP contribution in [0.1, 0.15) is 12.8 Å². The number of ether oxygens (including phenoxy) is 1. The average molecular weight is 388 g/mol. The number of rotatable bonds is 4. The van der Waals surface area contributed by atoms with E-state index < -0.39 is 5.76 Å². The molecule has 1 aliphatic rings. The Morgan fingerprint density at radius 3 is 3.04 bits per heavy atom. The van der Waals surface area contributed by atoms with Gasteiger partial charge in [-0.25, -0.2) is 4.79 Å². The van der Waals surface area contributed by atoms with E-state index in [9.17, 15) is 9.59 Å². The second kappa shape index (κ2) is 7.44. The molecule has 0 bridgehead atoms. The van der Waals surface area contributed by atoms with Crippen molar-refractivity contribution in [1.29, 1.82) is 0 Å². The number of likely N-dealkylation sites (tertiary alicyclic amines) is 1. The second-order valence-corrected chi connectivity index (χ2v) is 6.86. The van der Waals surface area contributed by atoms with E-state index in [2.05, 4.69) is 4.98 Å². The average Bonchev–Trinajstić information content (AvgIpc) is 2.99. The second-order valence-electron chi connectivity index (χ2n) is 6.45. The molecule has 3 aromatic rings. The number of fused-ring (bicyclic) bond motifs is 1. The van der Waals surface area contributed by atoms with Crippen LogP contribution in [0.2, 0.25) is 5.02 Å². The van der Waals surface area contributed by atoms with E-state index in [1.54, 1.807) is 35.4 Å². The first kappa shape index (κ1) is 17.6. The molecule has 0 saturated carbocycles. The van der Waals surface area contributed by atoms with E-state index in [1.165, 1.54) is 10.8 Å². The number of aromatic nitrogens is 2. The van der Waals surface area contributed by atoms with Crippen LogP contribution >= 0.6 is 11.6 Å². The number of pyridine rings is 1. The topological polar surface area (TPSA) is 77.6 Å². The maximum absolute atomic E-state index is 12.8. The van der Waals surface area contributed by atoms with Gasteiger partial charge in [0.05, 0.1) is 12.1 Å². The summed E-state index contributed by atoms with van der Waals surface area (Å²) in [4.78, 5) is 30.5. The summed E-state index contributed by atoms with van der Waals surface area (Å²) in [6, 6.07) is 8.78. The molecule has 2 aromatic heterocycles. The first-order valence-electron chi connectivity index (χ1n) is 8.74.